The molecule has 0 aliphatic carbocycles. The molecule has 172 valence electrons. The van der Waals surface area contributed by atoms with E-state index < -0.39 is 29.4 Å². The van der Waals surface area contributed by atoms with Crippen molar-refractivity contribution in [2.75, 3.05) is 12.0 Å². The number of carbonyl (C=O) groups is 3. The summed E-state index contributed by atoms with van der Waals surface area (Å²) in [6, 6.07) is 4.36. The number of amides is 2. The van der Waals surface area contributed by atoms with Crippen molar-refractivity contribution in [2.45, 2.75) is 52.7 Å². The number of ether oxygens (including phenoxy) is 4. The van der Waals surface area contributed by atoms with Crippen molar-refractivity contribution >= 4 is 23.8 Å². The van der Waals surface area contributed by atoms with E-state index in [2.05, 4.69) is 14.7 Å². The molecule has 0 saturated carbocycles. The Labute approximate surface area is 186 Å². The van der Waals surface area contributed by atoms with Gasteiger partial charge in [-0.2, -0.15) is 4.90 Å². The lowest BCUT2D eigenvalue weighted by molar-refractivity contribution is 0.0428. The Hall–Kier alpha value is -3.69. The van der Waals surface area contributed by atoms with E-state index in [1.165, 1.54) is 43.9 Å². The molecule has 2 amide bonds. The summed E-state index contributed by atoms with van der Waals surface area (Å²) >= 11 is 0. The van der Waals surface area contributed by atoms with E-state index in [0.717, 1.165) is 0 Å². The van der Waals surface area contributed by atoms with Gasteiger partial charge >= 0.3 is 18.2 Å². The van der Waals surface area contributed by atoms with Gasteiger partial charge in [-0.3, -0.25) is 4.98 Å². The number of anilines is 1. The van der Waals surface area contributed by atoms with Crippen molar-refractivity contribution in [1.29, 1.82) is 0 Å². The average molecular weight is 445 g/mol. The average Bonchev–Trinajstić information content (AvgIpc) is 2.66. The summed E-state index contributed by atoms with van der Waals surface area (Å²) in [6.45, 7) is 10.0. The highest BCUT2D eigenvalue weighted by atomic mass is 16.6. The summed E-state index contributed by atoms with van der Waals surface area (Å²) in [5.74, 6) is -0.567. The standard InChI is InChI=1S/C22H27N3O7/c1-21(2,3)31-19(27)25(20(28)32-22(4,5)6)16-9-8-10-24-17(16)30-15-11-14(12-23-13-15)18(26)29-7/h8-13H,1-7H3. The van der Waals surface area contributed by atoms with E-state index in [0.29, 0.717) is 4.90 Å². The quantitative estimate of drug-likeness (QED) is 0.486. The first-order valence-corrected chi connectivity index (χ1v) is 9.73. The lowest BCUT2D eigenvalue weighted by atomic mass is 10.2. The highest BCUT2D eigenvalue weighted by molar-refractivity contribution is 6.10. The second kappa shape index (κ2) is 9.63. The van der Waals surface area contributed by atoms with Gasteiger partial charge in [0.2, 0.25) is 5.88 Å². The zero-order valence-corrected chi connectivity index (χ0v) is 19.2. The molecular weight excluding hydrogens is 418 g/mol. The predicted molar refractivity (Wildman–Crippen MR) is 115 cm³/mol. The molecule has 0 atom stereocenters. The monoisotopic (exact) mass is 445 g/mol. The molecule has 2 aromatic heterocycles. The molecule has 0 aliphatic rings. The van der Waals surface area contributed by atoms with Gasteiger partial charge in [0, 0.05) is 12.4 Å². The fourth-order valence-corrected chi connectivity index (χ4v) is 2.33. The zero-order chi connectivity index (χ0) is 24.1. The van der Waals surface area contributed by atoms with Crippen molar-refractivity contribution in [3.63, 3.8) is 0 Å². The molecule has 2 rings (SSSR count). The first kappa shape index (κ1) is 24.6. The summed E-state index contributed by atoms with van der Waals surface area (Å²) in [6.07, 6.45) is 2.14. The number of hydrogen-bond donors (Lipinski definition) is 0. The molecule has 32 heavy (non-hydrogen) atoms. The minimum absolute atomic E-state index is 0.0144. The van der Waals surface area contributed by atoms with Crippen molar-refractivity contribution in [2.24, 2.45) is 0 Å². The van der Waals surface area contributed by atoms with E-state index in [4.69, 9.17) is 14.2 Å². The number of rotatable bonds is 4. The molecule has 0 radical (unpaired) electrons. The van der Waals surface area contributed by atoms with Gasteiger partial charge < -0.3 is 18.9 Å². The van der Waals surface area contributed by atoms with Gasteiger partial charge in [0.25, 0.3) is 0 Å². The zero-order valence-electron chi connectivity index (χ0n) is 19.2. The van der Waals surface area contributed by atoms with Crippen LogP contribution in [0.4, 0.5) is 15.3 Å². The van der Waals surface area contributed by atoms with Crippen LogP contribution in [0.15, 0.2) is 36.8 Å². The van der Waals surface area contributed by atoms with E-state index in [1.54, 1.807) is 41.5 Å². The number of nitrogens with zero attached hydrogens (tertiary/aromatic N) is 3. The predicted octanol–water partition coefficient (Wildman–Crippen LogP) is 4.73. The fourth-order valence-electron chi connectivity index (χ4n) is 2.33. The summed E-state index contributed by atoms with van der Waals surface area (Å²) in [5.41, 5.74) is -1.61. The van der Waals surface area contributed by atoms with Crippen LogP contribution in [0, 0.1) is 0 Å². The lowest BCUT2D eigenvalue weighted by Crippen LogP contribution is -2.44. The van der Waals surface area contributed by atoms with Crippen molar-refractivity contribution in [3.05, 3.63) is 42.4 Å². The molecule has 2 aromatic rings. The van der Waals surface area contributed by atoms with Gasteiger partial charge in [0.15, 0.2) is 0 Å². The Kier molecular flexibility index (Phi) is 7.40. The van der Waals surface area contributed by atoms with Crippen LogP contribution in [0.3, 0.4) is 0 Å². The third-order valence-electron chi connectivity index (χ3n) is 3.49. The molecule has 0 aromatic carbocycles. The summed E-state index contributed by atoms with van der Waals surface area (Å²) in [7, 11) is 1.24. The Morgan fingerprint density at radius 1 is 0.938 bits per heavy atom. The largest absolute Gasteiger partial charge is 0.465 e. The minimum atomic E-state index is -0.967. The maximum atomic E-state index is 12.9. The molecule has 10 heteroatoms. The Bertz CT molecular complexity index is 966. The summed E-state index contributed by atoms with van der Waals surface area (Å²) < 4.78 is 21.2. The highest BCUT2D eigenvalue weighted by Crippen LogP contribution is 2.32. The number of imide groups is 1. The van der Waals surface area contributed by atoms with E-state index in [1.807, 2.05) is 0 Å². The van der Waals surface area contributed by atoms with Crippen LogP contribution in [0.1, 0.15) is 51.9 Å². The number of esters is 1. The van der Waals surface area contributed by atoms with Crippen LogP contribution in [0.25, 0.3) is 0 Å². The second-order valence-corrected chi connectivity index (χ2v) is 8.63. The summed E-state index contributed by atoms with van der Waals surface area (Å²) in [4.78, 5) is 46.4. The van der Waals surface area contributed by atoms with Crippen molar-refractivity contribution in [1.82, 2.24) is 9.97 Å². The van der Waals surface area contributed by atoms with E-state index >= 15 is 0 Å². The van der Waals surface area contributed by atoms with Gasteiger partial charge in [0.1, 0.15) is 22.6 Å². The molecule has 0 fully saturated rings. The van der Waals surface area contributed by atoms with Crippen LogP contribution < -0.4 is 9.64 Å². The molecular formula is C22H27N3O7. The number of aromatic nitrogens is 2. The van der Waals surface area contributed by atoms with Crippen LogP contribution >= 0.6 is 0 Å². The second-order valence-electron chi connectivity index (χ2n) is 8.63. The van der Waals surface area contributed by atoms with Gasteiger partial charge in [-0.15, -0.1) is 0 Å². The molecule has 0 bridgehead atoms. The van der Waals surface area contributed by atoms with Crippen LogP contribution in [-0.2, 0) is 14.2 Å². The first-order valence-electron chi connectivity index (χ1n) is 9.73. The number of hydrogen-bond acceptors (Lipinski definition) is 9. The van der Waals surface area contributed by atoms with Crippen LogP contribution in [0.2, 0.25) is 0 Å². The van der Waals surface area contributed by atoms with Gasteiger partial charge in [-0.05, 0) is 59.7 Å². The maximum Gasteiger partial charge on any atom is 0.424 e. The number of carbonyl (C=O) groups excluding carboxylic acids is 3. The smallest absolute Gasteiger partial charge is 0.424 e. The number of methoxy groups -OCH3 is 1. The van der Waals surface area contributed by atoms with Crippen molar-refractivity contribution in [3.8, 4) is 11.6 Å². The molecule has 0 N–H and O–H groups in total. The van der Waals surface area contributed by atoms with E-state index in [-0.39, 0.29) is 22.9 Å². The maximum absolute atomic E-state index is 12.9. The lowest BCUT2D eigenvalue weighted by Gasteiger charge is -2.29. The van der Waals surface area contributed by atoms with Crippen LogP contribution in [0.5, 0.6) is 11.6 Å². The molecule has 0 aliphatic heterocycles. The SMILES string of the molecule is COC(=O)c1cncc(Oc2ncccc2N(C(=O)OC(C)(C)C)C(=O)OC(C)(C)C)c1. The molecule has 0 saturated heterocycles. The highest BCUT2D eigenvalue weighted by Gasteiger charge is 2.35. The van der Waals surface area contributed by atoms with Crippen LogP contribution in [-0.4, -0.2) is 46.4 Å². The van der Waals surface area contributed by atoms with Gasteiger partial charge in [0.05, 0.1) is 18.9 Å². The molecule has 0 unspecified atom stereocenters. The van der Waals surface area contributed by atoms with Gasteiger partial charge in [-0.25, -0.2) is 19.4 Å². The topological polar surface area (TPSA) is 117 Å². The molecule has 10 nitrogen and oxygen atoms in total. The fraction of sp³-hybridized carbons (Fsp3) is 0.409. The van der Waals surface area contributed by atoms with Crippen molar-refractivity contribution < 1.29 is 33.3 Å². The minimum Gasteiger partial charge on any atom is -0.465 e. The normalized spacial score (nSPS) is 11.3. The third kappa shape index (κ3) is 6.93. The Balaban J connectivity index is 2.48. The Morgan fingerprint density at radius 2 is 1.53 bits per heavy atom. The first-order chi connectivity index (χ1) is 14.8. The van der Waals surface area contributed by atoms with Gasteiger partial charge in [-0.1, -0.05) is 0 Å². The summed E-state index contributed by atoms with van der Waals surface area (Å²) in [5, 5.41) is 0. The third-order valence-corrected chi connectivity index (χ3v) is 3.49. The molecule has 0 spiro atoms. The number of pyridine rings is 2. The van der Waals surface area contributed by atoms with E-state index in [9.17, 15) is 14.4 Å². The Morgan fingerprint density at radius 3 is 2.06 bits per heavy atom. The molecule has 2 heterocycles.